The third-order valence-corrected chi connectivity index (χ3v) is 4.81. The minimum Gasteiger partial charge on any atom is -0.493 e. The highest BCUT2D eigenvalue weighted by atomic mass is 35.5. The lowest BCUT2D eigenvalue weighted by Crippen LogP contribution is -1.90. The Bertz CT molecular complexity index is 580. The van der Waals surface area contributed by atoms with Crippen molar-refractivity contribution >= 4 is 23.4 Å². The van der Waals surface area contributed by atoms with Gasteiger partial charge in [-0.3, -0.25) is 0 Å². The maximum absolute atomic E-state index is 5.79. The Balaban J connectivity index is 1.54. The molecule has 0 amide bonds. The number of halogens is 1. The van der Waals surface area contributed by atoms with Gasteiger partial charge in [0, 0.05) is 22.9 Å². The fourth-order valence-corrected chi connectivity index (χ4v) is 3.44. The topological polar surface area (TPSA) is 9.23 Å². The van der Waals surface area contributed by atoms with Crippen molar-refractivity contribution in [2.24, 2.45) is 0 Å². The van der Waals surface area contributed by atoms with E-state index in [1.54, 1.807) is 0 Å². The van der Waals surface area contributed by atoms with E-state index in [0.29, 0.717) is 5.88 Å². The van der Waals surface area contributed by atoms with Crippen molar-refractivity contribution in [2.75, 3.05) is 12.4 Å². The molecule has 0 fully saturated rings. The van der Waals surface area contributed by atoms with Gasteiger partial charge in [0.15, 0.2) is 0 Å². The maximum atomic E-state index is 5.79. The second-order valence-electron chi connectivity index (χ2n) is 4.92. The summed E-state index contributed by atoms with van der Waals surface area (Å²) in [5, 5.41) is 0. The van der Waals surface area contributed by atoms with Gasteiger partial charge in [-0.25, -0.2) is 0 Å². The molecule has 2 aromatic carbocycles. The van der Waals surface area contributed by atoms with E-state index >= 15 is 0 Å². The number of hydrogen-bond donors (Lipinski definition) is 0. The number of alkyl halides is 1. The SMILES string of the molecule is ClCc1ccc(SCCc2ccc3c(c2)CCO3)cc1. The van der Waals surface area contributed by atoms with Crippen molar-refractivity contribution < 1.29 is 4.74 Å². The highest BCUT2D eigenvalue weighted by molar-refractivity contribution is 7.99. The number of benzene rings is 2. The van der Waals surface area contributed by atoms with E-state index in [2.05, 4.69) is 42.5 Å². The summed E-state index contributed by atoms with van der Waals surface area (Å²) in [7, 11) is 0. The molecule has 0 spiro atoms. The third kappa shape index (κ3) is 3.31. The molecule has 3 rings (SSSR count). The van der Waals surface area contributed by atoms with Gasteiger partial charge in [0.05, 0.1) is 6.61 Å². The molecule has 0 saturated heterocycles. The van der Waals surface area contributed by atoms with Crippen LogP contribution in [-0.4, -0.2) is 12.4 Å². The lowest BCUT2D eigenvalue weighted by Gasteiger charge is -2.05. The van der Waals surface area contributed by atoms with Crippen molar-refractivity contribution in [1.82, 2.24) is 0 Å². The molecule has 0 bridgehead atoms. The molecule has 0 saturated carbocycles. The molecule has 1 heterocycles. The zero-order chi connectivity index (χ0) is 13.8. The van der Waals surface area contributed by atoms with Gasteiger partial charge in [0.2, 0.25) is 0 Å². The molecule has 104 valence electrons. The van der Waals surface area contributed by atoms with Crippen LogP contribution in [0.15, 0.2) is 47.4 Å². The molecule has 2 aromatic rings. The molecular formula is C17H17ClOS. The van der Waals surface area contributed by atoms with E-state index in [-0.39, 0.29) is 0 Å². The zero-order valence-electron chi connectivity index (χ0n) is 11.3. The number of ether oxygens (including phenoxy) is 1. The molecule has 0 radical (unpaired) electrons. The van der Waals surface area contributed by atoms with Crippen molar-refractivity contribution in [3.05, 3.63) is 59.2 Å². The number of fused-ring (bicyclic) bond motifs is 1. The van der Waals surface area contributed by atoms with Crippen molar-refractivity contribution in [3.8, 4) is 5.75 Å². The molecule has 0 aromatic heterocycles. The van der Waals surface area contributed by atoms with Gasteiger partial charge in [-0.15, -0.1) is 23.4 Å². The first-order valence-corrected chi connectivity index (χ1v) is 8.39. The second-order valence-corrected chi connectivity index (χ2v) is 6.35. The number of aryl methyl sites for hydroxylation is 1. The van der Waals surface area contributed by atoms with Crippen LogP contribution in [0.3, 0.4) is 0 Å². The van der Waals surface area contributed by atoms with Crippen LogP contribution < -0.4 is 4.74 Å². The summed E-state index contributed by atoms with van der Waals surface area (Å²) in [5.74, 6) is 2.75. The normalized spacial score (nSPS) is 13.1. The van der Waals surface area contributed by atoms with Gasteiger partial charge in [-0.1, -0.05) is 24.3 Å². The molecule has 0 N–H and O–H groups in total. The molecule has 1 aliphatic heterocycles. The summed E-state index contributed by atoms with van der Waals surface area (Å²) in [5.41, 5.74) is 3.94. The Hall–Kier alpha value is -1.12. The van der Waals surface area contributed by atoms with Gasteiger partial charge in [-0.05, 0) is 41.3 Å². The fraction of sp³-hybridized carbons (Fsp3) is 0.294. The average molecular weight is 305 g/mol. The quantitative estimate of drug-likeness (QED) is 0.585. The smallest absolute Gasteiger partial charge is 0.122 e. The van der Waals surface area contributed by atoms with Crippen molar-refractivity contribution in [2.45, 2.75) is 23.6 Å². The van der Waals surface area contributed by atoms with Gasteiger partial charge in [0.25, 0.3) is 0 Å². The summed E-state index contributed by atoms with van der Waals surface area (Å²) in [6, 6.07) is 15.1. The Morgan fingerprint density at radius 2 is 1.85 bits per heavy atom. The summed E-state index contributed by atoms with van der Waals surface area (Å²) in [6.07, 6.45) is 2.14. The lowest BCUT2D eigenvalue weighted by atomic mass is 10.1. The van der Waals surface area contributed by atoms with Crippen LogP contribution in [0.5, 0.6) is 5.75 Å². The van der Waals surface area contributed by atoms with Crippen LogP contribution in [0.2, 0.25) is 0 Å². The van der Waals surface area contributed by atoms with E-state index in [1.165, 1.54) is 21.6 Å². The number of hydrogen-bond acceptors (Lipinski definition) is 2. The van der Waals surface area contributed by atoms with Crippen molar-refractivity contribution in [3.63, 3.8) is 0 Å². The molecule has 1 aliphatic rings. The van der Waals surface area contributed by atoms with E-state index < -0.39 is 0 Å². The molecule has 0 unspecified atom stereocenters. The van der Waals surface area contributed by atoms with Crippen LogP contribution in [-0.2, 0) is 18.7 Å². The van der Waals surface area contributed by atoms with Gasteiger partial charge >= 0.3 is 0 Å². The molecule has 3 heteroatoms. The molecule has 1 nitrogen and oxygen atoms in total. The molecular weight excluding hydrogens is 288 g/mol. The Morgan fingerprint density at radius 1 is 1.05 bits per heavy atom. The summed E-state index contributed by atoms with van der Waals surface area (Å²) in [6.45, 7) is 0.834. The Labute approximate surface area is 129 Å². The second kappa shape index (κ2) is 6.55. The highest BCUT2D eigenvalue weighted by Gasteiger charge is 2.11. The number of rotatable bonds is 5. The monoisotopic (exact) mass is 304 g/mol. The first-order valence-electron chi connectivity index (χ1n) is 6.87. The van der Waals surface area contributed by atoms with E-state index in [4.69, 9.17) is 16.3 Å². The summed E-state index contributed by atoms with van der Waals surface area (Å²) >= 11 is 7.69. The zero-order valence-corrected chi connectivity index (χ0v) is 12.8. The first kappa shape index (κ1) is 13.8. The molecule has 0 aliphatic carbocycles. The van der Waals surface area contributed by atoms with Crippen LogP contribution >= 0.6 is 23.4 Å². The largest absolute Gasteiger partial charge is 0.493 e. The van der Waals surface area contributed by atoms with Gasteiger partial charge in [0.1, 0.15) is 5.75 Å². The minimum atomic E-state index is 0.585. The van der Waals surface area contributed by atoms with E-state index in [9.17, 15) is 0 Å². The lowest BCUT2D eigenvalue weighted by molar-refractivity contribution is 0.357. The molecule has 20 heavy (non-hydrogen) atoms. The van der Waals surface area contributed by atoms with E-state index in [0.717, 1.165) is 31.0 Å². The fourth-order valence-electron chi connectivity index (χ4n) is 2.36. The molecule has 0 atom stereocenters. The van der Waals surface area contributed by atoms with Crippen LogP contribution in [0.4, 0.5) is 0 Å². The first-order chi connectivity index (χ1) is 9.85. The standard InChI is InChI=1S/C17H17ClOS/c18-12-14-1-4-16(5-2-14)20-10-8-13-3-6-17-15(11-13)7-9-19-17/h1-6,11H,7-10,12H2. The van der Waals surface area contributed by atoms with Crippen molar-refractivity contribution in [1.29, 1.82) is 0 Å². The predicted molar refractivity (Wildman–Crippen MR) is 86.1 cm³/mol. The number of thioether (sulfide) groups is 1. The predicted octanol–water partition coefficient (Wildman–Crippen LogP) is 4.70. The van der Waals surface area contributed by atoms with Gasteiger partial charge < -0.3 is 4.74 Å². The van der Waals surface area contributed by atoms with E-state index in [1.807, 2.05) is 11.8 Å². The average Bonchev–Trinajstić information content (AvgIpc) is 2.95. The third-order valence-electron chi connectivity index (χ3n) is 3.49. The highest BCUT2D eigenvalue weighted by Crippen LogP contribution is 2.27. The van der Waals surface area contributed by atoms with Crippen LogP contribution in [0.25, 0.3) is 0 Å². The summed E-state index contributed by atoms with van der Waals surface area (Å²) < 4.78 is 5.53. The van der Waals surface area contributed by atoms with Crippen LogP contribution in [0.1, 0.15) is 16.7 Å². The Morgan fingerprint density at radius 3 is 2.65 bits per heavy atom. The Kier molecular flexibility index (Phi) is 4.54. The maximum Gasteiger partial charge on any atom is 0.122 e. The van der Waals surface area contributed by atoms with Gasteiger partial charge in [-0.2, -0.15) is 0 Å². The van der Waals surface area contributed by atoms with Crippen LogP contribution in [0, 0.1) is 0 Å². The minimum absolute atomic E-state index is 0.585. The summed E-state index contributed by atoms with van der Waals surface area (Å²) in [4.78, 5) is 1.31.